The second kappa shape index (κ2) is 7.66. The number of benzene rings is 3. The minimum atomic E-state index is -5.64. The van der Waals surface area contributed by atoms with Crippen LogP contribution in [0.15, 0.2) is 99.6 Å². The van der Waals surface area contributed by atoms with E-state index in [1.54, 1.807) is 12.1 Å². The van der Waals surface area contributed by atoms with E-state index in [0.717, 1.165) is 9.79 Å². The van der Waals surface area contributed by atoms with Crippen LogP contribution in [0.2, 0.25) is 0 Å². The van der Waals surface area contributed by atoms with Crippen molar-refractivity contribution in [3.05, 3.63) is 89.7 Å². The molecule has 0 spiro atoms. The van der Waals surface area contributed by atoms with Crippen LogP contribution in [0.25, 0.3) is 4.72 Å². The van der Waals surface area contributed by atoms with Gasteiger partial charge in [0.05, 0.1) is 10.9 Å². The highest BCUT2D eigenvalue weighted by atomic mass is 32.2. The molecule has 8 heteroatoms. The van der Waals surface area contributed by atoms with Gasteiger partial charge in [-0.15, -0.1) is 0 Å². The van der Waals surface area contributed by atoms with E-state index >= 15 is 0 Å². The van der Waals surface area contributed by atoms with E-state index in [9.17, 15) is 21.6 Å². The third-order valence-electron chi connectivity index (χ3n) is 3.55. The molecule has 0 aliphatic heterocycles. The van der Waals surface area contributed by atoms with Crippen molar-refractivity contribution in [1.82, 2.24) is 0 Å². The van der Waals surface area contributed by atoms with Crippen molar-refractivity contribution in [1.29, 1.82) is 0 Å². The van der Waals surface area contributed by atoms with Gasteiger partial charge in [-0.2, -0.15) is 13.2 Å². The van der Waals surface area contributed by atoms with Gasteiger partial charge in [0.2, 0.25) is 0 Å². The first kappa shape index (κ1) is 19.3. The lowest BCUT2D eigenvalue weighted by Crippen LogP contribution is -2.21. The summed E-state index contributed by atoms with van der Waals surface area (Å²) in [5.74, 6) is 0. The average molecular weight is 409 g/mol. The topological polar surface area (TPSA) is 48.2 Å². The highest BCUT2D eigenvalue weighted by molar-refractivity contribution is 7.97. The van der Waals surface area contributed by atoms with Gasteiger partial charge in [0, 0.05) is 0 Å². The average Bonchev–Trinajstić information content (AvgIpc) is 2.64. The molecule has 3 aromatic rings. The molecule has 0 N–H and O–H groups in total. The van der Waals surface area contributed by atoms with Gasteiger partial charge >= 0.3 is 5.51 Å². The molecule has 3 rings (SSSR count). The van der Waals surface area contributed by atoms with E-state index in [-0.39, 0.29) is 5.69 Å². The molecule has 0 fully saturated rings. The van der Waals surface area contributed by atoms with E-state index < -0.39 is 26.4 Å². The Morgan fingerprint density at radius 2 is 1.15 bits per heavy atom. The van der Waals surface area contributed by atoms with Crippen LogP contribution in [0.3, 0.4) is 0 Å². The molecule has 0 aliphatic carbocycles. The Kier molecular flexibility index (Phi) is 5.48. The maximum Gasteiger partial charge on any atom is 0.483 e. The molecular formula is C19H14F3NO2S2. The number of hydrogen-bond acceptors (Lipinski definition) is 2. The Morgan fingerprint density at radius 1 is 0.704 bits per heavy atom. The summed E-state index contributed by atoms with van der Waals surface area (Å²) < 4.78 is 64.7. The van der Waals surface area contributed by atoms with Gasteiger partial charge in [-0.1, -0.05) is 60.3 Å². The second-order valence-electron chi connectivity index (χ2n) is 5.41. The van der Waals surface area contributed by atoms with Crippen LogP contribution in [-0.2, 0) is 20.9 Å². The van der Waals surface area contributed by atoms with Gasteiger partial charge in [-0.3, -0.25) is 0 Å². The van der Waals surface area contributed by atoms with Crippen molar-refractivity contribution >= 4 is 26.6 Å². The quantitative estimate of drug-likeness (QED) is 0.512. The lowest BCUT2D eigenvalue weighted by molar-refractivity contribution is -0.0425. The number of rotatable bonds is 5. The van der Waals surface area contributed by atoms with E-state index in [4.69, 9.17) is 0 Å². The summed E-state index contributed by atoms with van der Waals surface area (Å²) in [4.78, 5) is 2.09. The molecular weight excluding hydrogens is 395 g/mol. The first-order valence-corrected chi connectivity index (χ1v) is 10.4. The third-order valence-corrected chi connectivity index (χ3v) is 6.85. The molecule has 0 saturated carbocycles. The predicted molar refractivity (Wildman–Crippen MR) is 99.5 cm³/mol. The van der Waals surface area contributed by atoms with E-state index in [2.05, 4.69) is 4.72 Å². The zero-order chi connectivity index (χ0) is 19.5. The third kappa shape index (κ3) is 4.28. The van der Waals surface area contributed by atoms with Gasteiger partial charge in [0.25, 0.3) is 0 Å². The fourth-order valence-corrected chi connectivity index (χ4v) is 5.15. The van der Waals surface area contributed by atoms with Gasteiger partial charge in [0.1, 0.15) is 0 Å². The maximum absolute atomic E-state index is 12.8. The number of alkyl halides is 3. The molecule has 3 aromatic carbocycles. The van der Waals surface area contributed by atoms with Crippen molar-refractivity contribution in [2.45, 2.75) is 20.2 Å². The Labute approximate surface area is 158 Å². The molecule has 0 unspecified atom stereocenters. The number of halogens is 3. The Balaban J connectivity index is 2.15. The second-order valence-corrected chi connectivity index (χ2v) is 9.00. The Bertz CT molecular complexity index is 968. The van der Waals surface area contributed by atoms with Gasteiger partial charge < -0.3 is 4.72 Å². The summed E-state index contributed by atoms with van der Waals surface area (Å²) in [6.45, 7) is 0. The van der Waals surface area contributed by atoms with Crippen molar-refractivity contribution in [3.8, 4) is 0 Å². The molecule has 27 heavy (non-hydrogen) atoms. The van der Waals surface area contributed by atoms with Crippen LogP contribution in [0, 0.1) is 0 Å². The normalized spacial score (nSPS) is 12.1. The van der Waals surface area contributed by atoms with Crippen molar-refractivity contribution in [2.24, 2.45) is 0 Å². The van der Waals surface area contributed by atoms with Crippen LogP contribution >= 0.6 is 0 Å². The first-order chi connectivity index (χ1) is 12.8. The smallest absolute Gasteiger partial charge is 0.483 e. The predicted octanol–water partition coefficient (Wildman–Crippen LogP) is 5.64. The first-order valence-electron chi connectivity index (χ1n) is 7.77. The van der Waals surface area contributed by atoms with Crippen LogP contribution in [0.1, 0.15) is 0 Å². The van der Waals surface area contributed by atoms with Crippen LogP contribution < -0.4 is 0 Å². The zero-order valence-electron chi connectivity index (χ0n) is 13.8. The minimum absolute atomic E-state index is 0.217. The van der Waals surface area contributed by atoms with Crippen molar-refractivity contribution in [3.63, 3.8) is 0 Å². The molecule has 0 heterocycles. The van der Waals surface area contributed by atoms with Crippen LogP contribution in [0.5, 0.6) is 0 Å². The Hall–Kier alpha value is -2.45. The summed E-state index contributed by atoms with van der Waals surface area (Å²) in [6, 6.07) is 24.4. The molecule has 3 nitrogen and oxygen atoms in total. The van der Waals surface area contributed by atoms with Gasteiger partial charge in [-0.05, 0) is 30.3 Å². The van der Waals surface area contributed by atoms with E-state index in [0.29, 0.717) is 4.90 Å². The largest absolute Gasteiger partial charge is 0.565 e. The molecule has 0 aliphatic rings. The van der Waals surface area contributed by atoms with E-state index in [1.807, 2.05) is 60.7 Å². The monoisotopic (exact) mass is 409 g/mol. The van der Waals surface area contributed by atoms with Crippen molar-refractivity contribution in [2.75, 3.05) is 0 Å². The molecule has 0 amide bonds. The lowest BCUT2D eigenvalue weighted by atomic mass is 10.3. The summed E-state index contributed by atoms with van der Waals surface area (Å²) in [6.07, 6.45) is 0. The number of nitrogens with zero attached hydrogens (tertiary/aromatic N) is 1. The SMILES string of the molecule is O=S(=O)([N-]c1ccccc1[S+](c1ccccc1)c1ccccc1)C(F)(F)F. The summed E-state index contributed by atoms with van der Waals surface area (Å²) in [5, 5.41) is 0. The fourth-order valence-electron chi connectivity index (χ4n) is 2.39. The fraction of sp³-hybridized carbons (Fsp3) is 0.0526. The molecule has 0 bridgehead atoms. The molecule has 0 atom stereocenters. The molecule has 0 radical (unpaired) electrons. The summed E-state index contributed by atoms with van der Waals surface area (Å²) in [5.41, 5.74) is -5.66. The zero-order valence-corrected chi connectivity index (χ0v) is 15.4. The standard InChI is InChI=1S/C19H14F3NO2S2/c20-19(21,22)27(24,25)23-17-13-7-8-14-18(17)26(15-9-3-1-4-10-15)16-11-5-2-6-12-16/h1-14H. The van der Waals surface area contributed by atoms with Crippen LogP contribution in [-0.4, -0.2) is 13.9 Å². The molecule has 140 valence electrons. The lowest BCUT2D eigenvalue weighted by Gasteiger charge is -2.25. The number of hydrogen-bond donors (Lipinski definition) is 0. The number of sulfonamides is 1. The minimum Gasteiger partial charge on any atom is -0.565 e. The Morgan fingerprint density at radius 3 is 1.63 bits per heavy atom. The van der Waals surface area contributed by atoms with Crippen LogP contribution in [0.4, 0.5) is 18.9 Å². The molecule has 0 aromatic heterocycles. The maximum atomic E-state index is 12.8. The van der Waals surface area contributed by atoms with Crippen molar-refractivity contribution < 1.29 is 21.6 Å². The van der Waals surface area contributed by atoms with Gasteiger partial charge in [-0.25, -0.2) is 8.42 Å². The summed E-state index contributed by atoms with van der Waals surface area (Å²) in [7, 11) is -6.45. The van der Waals surface area contributed by atoms with Gasteiger partial charge in [0.15, 0.2) is 24.7 Å². The highest BCUT2D eigenvalue weighted by Gasteiger charge is 2.40. The highest BCUT2D eigenvalue weighted by Crippen LogP contribution is 2.42. The summed E-state index contributed by atoms with van der Waals surface area (Å²) >= 11 is 0. The van der Waals surface area contributed by atoms with E-state index in [1.165, 1.54) is 12.1 Å². The molecule has 0 saturated heterocycles.